The number of carbonyl (C=O) groups is 1. The van der Waals surface area contributed by atoms with E-state index in [4.69, 9.17) is 5.26 Å². The van der Waals surface area contributed by atoms with Gasteiger partial charge >= 0.3 is 12.1 Å². The average Bonchev–Trinajstić information content (AvgIpc) is 2.99. The Hall–Kier alpha value is -2.03. The first-order valence-electron chi connectivity index (χ1n) is 6.23. The van der Waals surface area contributed by atoms with E-state index in [2.05, 4.69) is 0 Å². The molecular weight excluding hydrogens is 269 g/mol. The van der Waals surface area contributed by atoms with Crippen molar-refractivity contribution in [2.45, 2.75) is 18.0 Å². The highest BCUT2D eigenvalue weighted by Gasteiger charge is 2.63. The van der Waals surface area contributed by atoms with Gasteiger partial charge in [0.2, 0.25) is 0 Å². The Balaban J connectivity index is 1.80. The van der Waals surface area contributed by atoms with Crippen LogP contribution in [0.3, 0.4) is 0 Å². The number of fused-ring (bicyclic) bond motifs is 1. The second kappa shape index (κ2) is 3.98. The van der Waals surface area contributed by atoms with Crippen LogP contribution in [-0.4, -0.2) is 30.1 Å². The van der Waals surface area contributed by atoms with Crippen molar-refractivity contribution < 1.29 is 18.0 Å². The Morgan fingerprint density at radius 2 is 2.00 bits per heavy atom. The van der Waals surface area contributed by atoms with Crippen molar-refractivity contribution in [1.29, 1.82) is 5.26 Å². The summed E-state index contributed by atoms with van der Waals surface area (Å²) in [6.45, 7) is 0.278. The summed E-state index contributed by atoms with van der Waals surface area (Å²) >= 11 is 0. The van der Waals surface area contributed by atoms with Crippen LogP contribution in [0.1, 0.15) is 17.5 Å². The van der Waals surface area contributed by atoms with Gasteiger partial charge in [-0.3, -0.25) is 4.79 Å². The highest BCUT2D eigenvalue weighted by atomic mass is 19.4. The lowest BCUT2D eigenvalue weighted by Crippen LogP contribution is -2.41. The van der Waals surface area contributed by atoms with Crippen LogP contribution < -0.4 is 0 Å². The second-order valence-electron chi connectivity index (χ2n) is 5.43. The van der Waals surface area contributed by atoms with Gasteiger partial charge < -0.3 is 4.90 Å². The highest BCUT2D eigenvalue weighted by molar-refractivity contribution is 5.82. The number of hydrogen-bond acceptors (Lipinski definition) is 2. The van der Waals surface area contributed by atoms with E-state index in [1.807, 2.05) is 6.07 Å². The molecule has 2 atom stereocenters. The Bertz CT molecular complexity index is 602. The van der Waals surface area contributed by atoms with E-state index in [0.717, 1.165) is 16.9 Å². The lowest BCUT2D eigenvalue weighted by Gasteiger charge is -2.22. The number of nitriles is 1. The monoisotopic (exact) mass is 280 g/mol. The highest BCUT2D eigenvalue weighted by Crippen LogP contribution is 2.59. The average molecular weight is 280 g/mol. The Morgan fingerprint density at radius 3 is 2.55 bits per heavy atom. The molecule has 2 aliphatic rings. The second-order valence-corrected chi connectivity index (χ2v) is 5.43. The van der Waals surface area contributed by atoms with E-state index >= 15 is 0 Å². The van der Waals surface area contributed by atoms with Crippen LogP contribution in [0.5, 0.6) is 0 Å². The van der Waals surface area contributed by atoms with Gasteiger partial charge in [0.1, 0.15) is 0 Å². The molecule has 1 heterocycles. The van der Waals surface area contributed by atoms with Gasteiger partial charge in [-0.2, -0.15) is 18.4 Å². The molecule has 1 saturated carbocycles. The zero-order valence-corrected chi connectivity index (χ0v) is 10.4. The lowest BCUT2D eigenvalue weighted by molar-refractivity contribution is -0.184. The van der Waals surface area contributed by atoms with Crippen molar-refractivity contribution >= 4 is 5.91 Å². The van der Waals surface area contributed by atoms with Gasteiger partial charge in [0.15, 0.2) is 0 Å². The maximum Gasteiger partial charge on any atom is 0.471 e. The van der Waals surface area contributed by atoms with Crippen LogP contribution in [0.4, 0.5) is 13.2 Å². The van der Waals surface area contributed by atoms with Crippen LogP contribution in [0.25, 0.3) is 0 Å². The molecule has 1 aromatic carbocycles. The number of piperidine rings is 1. The smallest absolute Gasteiger partial charge is 0.334 e. The molecular formula is C14H11F3N2O. The molecule has 0 spiro atoms. The normalized spacial score (nSPS) is 27.9. The first-order chi connectivity index (χ1) is 9.37. The molecule has 2 fully saturated rings. The number of rotatable bonds is 1. The van der Waals surface area contributed by atoms with E-state index in [9.17, 15) is 18.0 Å². The van der Waals surface area contributed by atoms with Crippen molar-refractivity contribution in [3.63, 3.8) is 0 Å². The molecule has 3 rings (SSSR count). The van der Waals surface area contributed by atoms with Crippen molar-refractivity contribution in [3.05, 3.63) is 35.4 Å². The van der Waals surface area contributed by atoms with E-state index in [1.54, 1.807) is 24.3 Å². The number of likely N-dealkylation sites (tertiary alicyclic amines) is 1. The third kappa shape index (κ3) is 1.85. The van der Waals surface area contributed by atoms with E-state index < -0.39 is 12.1 Å². The van der Waals surface area contributed by atoms with Gasteiger partial charge in [0.25, 0.3) is 0 Å². The van der Waals surface area contributed by atoms with Gasteiger partial charge in [-0.15, -0.1) is 0 Å². The molecule has 2 unspecified atom stereocenters. The molecule has 1 saturated heterocycles. The Morgan fingerprint density at radius 1 is 1.35 bits per heavy atom. The molecule has 1 aliphatic carbocycles. The maximum absolute atomic E-state index is 12.4. The molecule has 0 bridgehead atoms. The molecule has 1 amide bonds. The predicted molar refractivity (Wildman–Crippen MR) is 63.6 cm³/mol. The number of hydrogen-bond donors (Lipinski definition) is 0. The minimum Gasteiger partial charge on any atom is -0.334 e. The third-order valence-electron chi connectivity index (χ3n) is 4.26. The molecule has 20 heavy (non-hydrogen) atoms. The van der Waals surface area contributed by atoms with E-state index in [-0.39, 0.29) is 24.4 Å². The molecule has 1 aliphatic heterocycles. The first kappa shape index (κ1) is 13.0. The summed E-state index contributed by atoms with van der Waals surface area (Å²) in [6.07, 6.45) is -4.00. The summed E-state index contributed by atoms with van der Waals surface area (Å²) in [4.78, 5) is 12.2. The van der Waals surface area contributed by atoms with Gasteiger partial charge in [0, 0.05) is 18.5 Å². The molecule has 104 valence electrons. The summed E-state index contributed by atoms with van der Waals surface area (Å²) in [6, 6.07) is 8.88. The molecule has 6 heteroatoms. The topological polar surface area (TPSA) is 44.1 Å². The standard InChI is InChI=1S/C14H11F3N2O/c15-14(16,17)12(20)19-7-11-5-13(11,8-19)10-3-1-9(6-18)2-4-10/h1-4,11H,5,7-8H2. The van der Waals surface area contributed by atoms with Crippen molar-refractivity contribution in [2.24, 2.45) is 5.92 Å². The number of alkyl halides is 3. The van der Waals surface area contributed by atoms with Gasteiger partial charge in [-0.05, 0) is 30.0 Å². The van der Waals surface area contributed by atoms with Crippen molar-refractivity contribution in [2.75, 3.05) is 13.1 Å². The minimum atomic E-state index is -4.80. The first-order valence-corrected chi connectivity index (χ1v) is 6.23. The van der Waals surface area contributed by atoms with Crippen LogP contribution in [0, 0.1) is 17.2 Å². The SMILES string of the molecule is N#Cc1ccc(C23CC2CN(C(=O)C(F)(F)F)C3)cc1. The van der Waals surface area contributed by atoms with E-state index in [1.165, 1.54) is 0 Å². The van der Waals surface area contributed by atoms with Crippen molar-refractivity contribution in [3.8, 4) is 6.07 Å². The van der Waals surface area contributed by atoms with Gasteiger partial charge in [-0.25, -0.2) is 0 Å². The summed E-state index contributed by atoms with van der Waals surface area (Å²) in [7, 11) is 0. The van der Waals surface area contributed by atoms with E-state index in [0.29, 0.717) is 5.56 Å². The number of halogens is 3. The van der Waals surface area contributed by atoms with Crippen LogP contribution in [-0.2, 0) is 10.2 Å². The van der Waals surface area contributed by atoms with Crippen LogP contribution in [0.2, 0.25) is 0 Å². The Kier molecular flexibility index (Phi) is 2.58. The van der Waals surface area contributed by atoms with Crippen LogP contribution >= 0.6 is 0 Å². The summed E-state index contributed by atoms with van der Waals surface area (Å²) < 4.78 is 37.3. The fourth-order valence-corrected chi connectivity index (χ4v) is 3.14. The van der Waals surface area contributed by atoms with Crippen LogP contribution in [0.15, 0.2) is 24.3 Å². The molecule has 0 aromatic heterocycles. The number of carbonyl (C=O) groups excluding carboxylic acids is 1. The fourth-order valence-electron chi connectivity index (χ4n) is 3.14. The zero-order chi connectivity index (χ0) is 14.5. The molecule has 0 N–H and O–H groups in total. The maximum atomic E-state index is 12.4. The summed E-state index contributed by atoms with van der Waals surface area (Å²) in [5, 5.41) is 8.74. The largest absolute Gasteiger partial charge is 0.471 e. The number of benzene rings is 1. The molecule has 0 radical (unpaired) electrons. The zero-order valence-electron chi connectivity index (χ0n) is 10.4. The number of amides is 1. The minimum absolute atomic E-state index is 0.0988. The van der Waals surface area contributed by atoms with Crippen molar-refractivity contribution in [1.82, 2.24) is 4.90 Å². The third-order valence-corrected chi connectivity index (χ3v) is 4.26. The molecule has 1 aromatic rings. The number of nitrogens with zero attached hydrogens (tertiary/aromatic N) is 2. The summed E-state index contributed by atoms with van der Waals surface area (Å²) in [5.74, 6) is -1.65. The fraction of sp³-hybridized carbons (Fsp3) is 0.429. The quantitative estimate of drug-likeness (QED) is 0.791. The molecule has 3 nitrogen and oxygen atoms in total. The predicted octanol–water partition coefficient (Wildman–Crippen LogP) is 2.22. The summed E-state index contributed by atoms with van der Waals surface area (Å²) in [5.41, 5.74) is 1.09. The van der Waals surface area contributed by atoms with Gasteiger partial charge in [-0.1, -0.05) is 12.1 Å². The Labute approximate surface area is 113 Å². The van der Waals surface area contributed by atoms with Gasteiger partial charge in [0.05, 0.1) is 11.6 Å². The lowest BCUT2D eigenvalue weighted by atomic mass is 9.94.